The molecule has 0 aromatic heterocycles. The lowest BCUT2D eigenvalue weighted by atomic mass is 9.99. The van der Waals surface area contributed by atoms with E-state index in [9.17, 15) is 0 Å². The van der Waals surface area contributed by atoms with Crippen LogP contribution in [0.25, 0.3) is 10.8 Å². The van der Waals surface area contributed by atoms with E-state index in [1.165, 1.54) is 16.3 Å². The highest BCUT2D eigenvalue weighted by molar-refractivity contribution is 9.10. The van der Waals surface area contributed by atoms with E-state index in [-0.39, 0.29) is 24.6 Å². The van der Waals surface area contributed by atoms with Gasteiger partial charge < -0.3 is 15.0 Å². The van der Waals surface area contributed by atoms with Crippen molar-refractivity contribution < 1.29 is 4.74 Å². The Morgan fingerprint density at radius 2 is 1.93 bits per heavy atom. The third-order valence-corrected chi connectivity index (χ3v) is 5.54. The van der Waals surface area contributed by atoms with Crippen molar-refractivity contribution in [1.82, 2.24) is 5.32 Å². The molecule has 0 amide bonds. The van der Waals surface area contributed by atoms with Gasteiger partial charge in [0.2, 0.25) is 0 Å². The molecule has 0 bridgehead atoms. The fraction of sp³-hybridized carbons (Fsp3) is 0.273. The second-order valence-electron chi connectivity index (χ2n) is 6.93. The molecule has 27 heavy (non-hydrogen) atoms. The summed E-state index contributed by atoms with van der Waals surface area (Å²) in [5, 5.41) is 6.26. The van der Waals surface area contributed by atoms with Gasteiger partial charge in [0.15, 0.2) is 0 Å². The normalized spacial score (nSPS) is 17.0. The molecule has 142 valence electrons. The van der Waals surface area contributed by atoms with Gasteiger partial charge in [0.05, 0.1) is 12.2 Å². The predicted octanol–water partition coefficient (Wildman–Crippen LogP) is 5.57. The van der Waals surface area contributed by atoms with Crippen LogP contribution in [0.3, 0.4) is 0 Å². The Bertz CT molecular complexity index is 928. The lowest BCUT2D eigenvalue weighted by Gasteiger charge is -2.34. The zero-order chi connectivity index (χ0) is 18.1. The maximum Gasteiger partial charge on any atom is 0.143 e. The molecular formula is C22H24BrClN2O. The highest BCUT2D eigenvalue weighted by Crippen LogP contribution is 2.35. The zero-order valence-corrected chi connectivity index (χ0v) is 17.9. The number of anilines is 1. The van der Waals surface area contributed by atoms with Gasteiger partial charge in [-0.05, 0) is 41.5 Å². The van der Waals surface area contributed by atoms with E-state index in [1.807, 2.05) is 12.1 Å². The smallest absolute Gasteiger partial charge is 0.143 e. The minimum atomic E-state index is 0. The fourth-order valence-corrected chi connectivity index (χ4v) is 4.01. The quantitative estimate of drug-likeness (QED) is 0.565. The molecule has 3 aromatic rings. The van der Waals surface area contributed by atoms with Crippen molar-refractivity contribution in [2.45, 2.75) is 19.1 Å². The summed E-state index contributed by atoms with van der Waals surface area (Å²) in [6, 6.07) is 21.5. The maximum atomic E-state index is 6.21. The Hall–Kier alpha value is -1.75. The second-order valence-corrected chi connectivity index (χ2v) is 7.85. The minimum absolute atomic E-state index is 0. The number of rotatable bonds is 4. The summed E-state index contributed by atoms with van der Waals surface area (Å²) in [6.07, 6.45) is 0.131. The molecule has 1 heterocycles. The van der Waals surface area contributed by atoms with E-state index in [2.05, 4.69) is 88.6 Å². The van der Waals surface area contributed by atoms with E-state index in [0.717, 1.165) is 29.0 Å². The first-order valence-electron chi connectivity index (χ1n) is 9.00. The van der Waals surface area contributed by atoms with Gasteiger partial charge in [-0.25, -0.2) is 0 Å². The molecule has 0 saturated carbocycles. The van der Waals surface area contributed by atoms with Crippen LogP contribution in [0.4, 0.5) is 5.69 Å². The minimum Gasteiger partial charge on any atom is -0.485 e. The monoisotopic (exact) mass is 446 g/mol. The first-order chi connectivity index (χ1) is 12.6. The molecule has 3 aromatic carbocycles. The number of hydrogen-bond donors (Lipinski definition) is 1. The van der Waals surface area contributed by atoms with Crippen LogP contribution in [0.15, 0.2) is 65.1 Å². The van der Waals surface area contributed by atoms with Gasteiger partial charge in [0, 0.05) is 24.1 Å². The molecule has 2 atom stereocenters. The Labute approximate surface area is 175 Å². The summed E-state index contributed by atoms with van der Waals surface area (Å²) < 4.78 is 7.28. The molecule has 0 radical (unpaired) electrons. The molecule has 0 spiro atoms. The summed E-state index contributed by atoms with van der Waals surface area (Å²) in [4.78, 5) is 2.26. The molecule has 0 saturated heterocycles. The highest BCUT2D eigenvalue weighted by Gasteiger charge is 2.24. The zero-order valence-electron chi connectivity index (χ0n) is 15.5. The Morgan fingerprint density at radius 1 is 1.15 bits per heavy atom. The molecule has 3 nitrogen and oxygen atoms in total. The van der Waals surface area contributed by atoms with Gasteiger partial charge in [-0.2, -0.15) is 0 Å². The van der Waals surface area contributed by atoms with Gasteiger partial charge >= 0.3 is 0 Å². The van der Waals surface area contributed by atoms with E-state index < -0.39 is 0 Å². The van der Waals surface area contributed by atoms with Crippen LogP contribution >= 0.6 is 28.3 Å². The first kappa shape index (κ1) is 20.0. The predicted molar refractivity (Wildman–Crippen MR) is 119 cm³/mol. The van der Waals surface area contributed by atoms with Gasteiger partial charge in [-0.1, -0.05) is 58.4 Å². The number of likely N-dealkylation sites (N-methyl/N-ethyl adjacent to an activating group) is 1. The number of ether oxygens (including phenoxy) is 1. The van der Waals surface area contributed by atoms with Crippen molar-refractivity contribution in [3.8, 4) is 5.75 Å². The van der Waals surface area contributed by atoms with Crippen molar-refractivity contribution in [1.29, 1.82) is 0 Å². The second kappa shape index (κ2) is 8.51. The van der Waals surface area contributed by atoms with Crippen LogP contribution in [-0.2, 0) is 0 Å². The van der Waals surface area contributed by atoms with Gasteiger partial charge in [-0.15, -0.1) is 12.4 Å². The van der Waals surface area contributed by atoms with Crippen LogP contribution in [0.5, 0.6) is 5.75 Å². The van der Waals surface area contributed by atoms with E-state index >= 15 is 0 Å². The van der Waals surface area contributed by atoms with Crippen molar-refractivity contribution >= 4 is 44.8 Å². The van der Waals surface area contributed by atoms with E-state index in [4.69, 9.17) is 4.74 Å². The third-order valence-electron chi connectivity index (χ3n) is 5.04. The molecule has 1 aliphatic heterocycles. The molecule has 1 unspecified atom stereocenters. The fourth-order valence-electron chi connectivity index (χ4n) is 3.66. The largest absolute Gasteiger partial charge is 0.485 e. The summed E-state index contributed by atoms with van der Waals surface area (Å²) >= 11 is 3.53. The standard InChI is InChI=1S/C22H23BrN2O.ClH/c1-15(19-9-5-7-16-6-3-4-8-20(16)19)24-13-18-14-25(2)21-12-17(23)10-11-22(21)26-18;/h3-12,15,18,24H,13-14H2,1-2H3;1H/t15-,18?;/m1./s1. The van der Waals surface area contributed by atoms with E-state index in [1.54, 1.807) is 0 Å². The van der Waals surface area contributed by atoms with Crippen LogP contribution < -0.4 is 15.0 Å². The Balaban J connectivity index is 0.00000210. The van der Waals surface area contributed by atoms with Crippen molar-refractivity contribution in [2.75, 3.05) is 25.0 Å². The molecule has 0 aliphatic carbocycles. The highest BCUT2D eigenvalue weighted by atomic mass is 79.9. The number of fused-ring (bicyclic) bond motifs is 2. The molecule has 5 heteroatoms. The van der Waals surface area contributed by atoms with Crippen LogP contribution in [0.1, 0.15) is 18.5 Å². The average Bonchev–Trinajstić information content (AvgIpc) is 2.66. The Kier molecular flexibility index (Phi) is 6.30. The lowest BCUT2D eigenvalue weighted by molar-refractivity contribution is 0.188. The van der Waals surface area contributed by atoms with Gasteiger partial charge in [0.1, 0.15) is 11.9 Å². The first-order valence-corrected chi connectivity index (χ1v) is 9.79. The van der Waals surface area contributed by atoms with Crippen LogP contribution in [0.2, 0.25) is 0 Å². The summed E-state index contributed by atoms with van der Waals surface area (Å²) in [5.41, 5.74) is 2.47. The summed E-state index contributed by atoms with van der Waals surface area (Å²) in [5.74, 6) is 0.951. The van der Waals surface area contributed by atoms with Crippen LogP contribution in [0, 0.1) is 0 Å². The SMILES string of the molecule is C[C@@H](NCC1CN(C)c2cc(Br)ccc2O1)c1cccc2ccccc12.Cl. The van der Waals surface area contributed by atoms with Gasteiger partial charge in [0.25, 0.3) is 0 Å². The number of nitrogens with zero attached hydrogens (tertiary/aromatic N) is 1. The van der Waals surface area contributed by atoms with Crippen molar-refractivity contribution in [3.05, 3.63) is 70.7 Å². The van der Waals surface area contributed by atoms with Gasteiger partial charge in [-0.3, -0.25) is 0 Å². The Morgan fingerprint density at radius 3 is 2.78 bits per heavy atom. The van der Waals surface area contributed by atoms with Crippen molar-refractivity contribution in [3.63, 3.8) is 0 Å². The summed E-state index contributed by atoms with van der Waals surface area (Å²) in [6.45, 7) is 3.91. The topological polar surface area (TPSA) is 24.5 Å². The molecule has 0 fully saturated rings. The number of benzene rings is 3. The molecular weight excluding hydrogens is 424 g/mol. The number of nitrogens with one attached hydrogen (secondary N) is 1. The number of hydrogen-bond acceptors (Lipinski definition) is 3. The summed E-state index contributed by atoms with van der Waals surface area (Å²) in [7, 11) is 2.12. The lowest BCUT2D eigenvalue weighted by Crippen LogP contribution is -2.44. The van der Waals surface area contributed by atoms with E-state index in [0.29, 0.717) is 0 Å². The average molecular weight is 448 g/mol. The number of halogens is 2. The maximum absolute atomic E-state index is 6.21. The molecule has 4 rings (SSSR count). The molecule has 1 N–H and O–H groups in total. The third kappa shape index (κ3) is 4.23. The van der Waals surface area contributed by atoms with Crippen molar-refractivity contribution in [2.24, 2.45) is 0 Å². The van der Waals surface area contributed by atoms with Crippen LogP contribution in [-0.4, -0.2) is 26.2 Å². The molecule has 1 aliphatic rings.